The van der Waals surface area contributed by atoms with Crippen molar-refractivity contribution in [3.05, 3.63) is 108 Å². The number of amides is 1. The number of aryl methyl sites for hydroxylation is 1. The van der Waals surface area contributed by atoms with E-state index in [2.05, 4.69) is 76.3 Å². The summed E-state index contributed by atoms with van der Waals surface area (Å²) < 4.78 is 16.1. The maximum atomic E-state index is 13.8. The summed E-state index contributed by atoms with van der Waals surface area (Å²) in [6, 6.07) is 28.1. The van der Waals surface area contributed by atoms with Crippen molar-refractivity contribution in [2.45, 2.75) is 51.7 Å². The van der Waals surface area contributed by atoms with Gasteiger partial charge >= 0.3 is 0 Å². The molecular weight excluding hydrogens is 461 g/mol. The third-order valence-electron chi connectivity index (χ3n) is 7.57. The van der Waals surface area contributed by atoms with Gasteiger partial charge in [-0.25, -0.2) is 4.39 Å². The topological polar surface area (TPSA) is 37.3 Å². The average Bonchev–Trinajstić information content (AvgIpc) is 3.25. The van der Waals surface area contributed by atoms with Gasteiger partial charge in [0.2, 0.25) is 5.91 Å². The minimum atomic E-state index is -0.203. The number of aromatic nitrogens is 1. The summed E-state index contributed by atoms with van der Waals surface area (Å²) in [7, 11) is 0. The third kappa shape index (κ3) is 6.47. The molecule has 1 aromatic heterocycles. The van der Waals surface area contributed by atoms with E-state index < -0.39 is 0 Å². The Morgan fingerprint density at radius 2 is 1.65 bits per heavy atom. The van der Waals surface area contributed by atoms with Gasteiger partial charge in [0.1, 0.15) is 5.82 Å². The van der Waals surface area contributed by atoms with Crippen LogP contribution in [0.25, 0.3) is 10.9 Å². The molecule has 5 rings (SSSR count). The summed E-state index contributed by atoms with van der Waals surface area (Å²) >= 11 is 0. The molecule has 5 heteroatoms. The van der Waals surface area contributed by atoms with Gasteiger partial charge in [-0.05, 0) is 86.5 Å². The van der Waals surface area contributed by atoms with Crippen LogP contribution in [0.2, 0.25) is 0 Å². The number of carbonyl (C=O) groups is 1. The Morgan fingerprint density at radius 1 is 0.919 bits per heavy atom. The second-order valence-corrected chi connectivity index (χ2v) is 10.4. The lowest BCUT2D eigenvalue weighted by Gasteiger charge is -2.32. The maximum absolute atomic E-state index is 13.8. The summed E-state index contributed by atoms with van der Waals surface area (Å²) in [5, 5.41) is 4.45. The molecule has 1 N–H and O–H groups in total. The molecule has 4 nitrogen and oxygen atoms in total. The van der Waals surface area contributed by atoms with E-state index in [1.165, 1.54) is 28.2 Å². The van der Waals surface area contributed by atoms with E-state index in [0.717, 1.165) is 50.9 Å². The highest BCUT2D eigenvalue weighted by Gasteiger charge is 2.26. The SMILES string of the molecule is CC(CCc1ccccc1)NC(=O)C1CCN(Cc2cc3ccccc3n2Cc2cccc(F)c2)CC1. The maximum Gasteiger partial charge on any atom is 0.223 e. The largest absolute Gasteiger partial charge is 0.353 e. The highest BCUT2D eigenvalue weighted by atomic mass is 19.1. The fourth-order valence-corrected chi connectivity index (χ4v) is 5.45. The van der Waals surface area contributed by atoms with E-state index in [-0.39, 0.29) is 23.7 Å². The highest BCUT2D eigenvalue weighted by Crippen LogP contribution is 2.25. The number of hydrogen-bond acceptors (Lipinski definition) is 2. The van der Waals surface area contributed by atoms with E-state index >= 15 is 0 Å². The van der Waals surface area contributed by atoms with Crippen molar-refractivity contribution >= 4 is 16.8 Å². The fourth-order valence-electron chi connectivity index (χ4n) is 5.45. The molecular formula is C32H36FN3O. The van der Waals surface area contributed by atoms with E-state index in [4.69, 9.17) is 0 Å². The van der Waals surface area contributed by atoms with Crippen molar-refractivity contribution in [1.29, 1.82) is 0 Å². The summed E-state index contributed by atoms with van der Waals surface area (Å²) in [5.41, 5.74) is 4.66. The van der Waals surface area contributed by atoms with Gasteiger partial charge in [-0.3, -0.25) is 9.69 Å². The Kier molecular flexibility index (Phi) is 8.00. The van der Waals surface area contributed by atoms with Crippen LogP contribution in [0.15, 0.2) is 84.9 Å². The molecule has 1 aliphatic rings. The number of likely N-dealkylation sites (tertiary alicyclic amines) is 1. The normalized spacial score (nSPS) is 15.6. The molecule has 1 saturated heterocycles. The van der Waals surface area contributed by atoms with E-state index in [9.17, 15) is 9.18 Å². The van der Waals surface area contributed by atoms with Crippen molar-refractivity contribution in [2.75, 3.05) is 13.1 Å². The molecule has 4 aromatic rings. The Bertz CT molecular complexity index is 1320. The van der Waals surface area contributed by atoms with E-state index in [1.807, 2.05) is 12.1 Å². The molecule has 3 aromatic carbocycles. The zero-order valence-corrected chi connectivity index (χ0v) is 21.6. The van der Waals surface area contributed by atoms with Crippen molar-refractivity contribution < 1.29 is 9.18 Å². The molecule has 0 saturated carbocycles. The number of halogens is 1. The first kappa shape index (κ1) is 25.2. The minimum Gasteiger partial charge on any atom is -0.353 e. The Morgan fingerprint density at radius 3 is 2.43 bits per heavy atom. The van der Waals surface area contributed by atoms with Gasteiger partial charge in [-0.2, -0.15) is 0 Å². The van der Waals surface area contributed by atoms with Crippen LogP contribution < -0.4 is 5.32 Å². The molecule has 0 radical (unpaired) electrons. The van der Waals surface area contributed by atoms with Crippen LogP contribution in [0.5, 0.6) is 0 Å². The number of rotatable bonds is 9. The molecule has 1 aliphatic heterocycles. The lowest BCUT2D eigenvalue weighted by atomic mass is 9.95. The summed E-state index contributed by atoms with van der Waals surface area (Å²) in [5.74, 6) is 0.0688. The molecule has 0 spiro atoms. The van der Waals surface area contributed by atoms with Gasteiger partial charge in [0, 0.05) is 36.3 Å². The predicted molar refractivity (Wildman–Crippen MR) is 148 cm³/mol. The standard InChI is InChI=1S/C32H36FN3O/c1-24(14-15-25-8-3-2-4-9-25)34-32(37)27-16-18-35(19-17-27)23-30-21-28-11-5-6-13-31(28)36(30)22-26-10-7-12-29(33)20-26/h2-13,20-21,24,27H,14-19,22-23H2,1H3,(H,34,37). The van der Waals surface area contributed by atoms with Crippen LogP contribution in [0, 0.1) is 11.7 Å². The van der Waals surface area contributed by atoms with E-state index in [1.54, 1.807) is 12.1 Å². The lowest BCUT2D eigenvalue weighted by molar-refractivity contribution is -0.127. The summed E-state index contributed by atoms with van der Waals surface area (Å²) in [6.45, 7) is 5.37. The van der Waals surface area contributed by atoms with Crippen molar-refractivity contribution in [1.82, 2.24) is 14.8 Å². The van der Waals surface area contributed by atoms with Crippen LogP contribution in [-0.4, -0.2) is 34.5 Å². The van der Waals surface area contributed by atoms with Crippen LogP contribution >= 0.6 is 0 Å². The van der Waals surface area contributed by atoms with Crippen LogP contribution in [0.3, 0.4) is 0 Å². The Hall–Kier alpha value is -3.44. The number of nitrogens with zero attached hydrogens (tertiary/aromatic N) is 2. The number of nitrogens with one attached hydrogen (secondary N) is 1. The molecule has 0 aliphatic carbocycles. The van der Waals surface area contributed by atoms with E-state index in [0.29, 0.717) is 6.54 Å². The minimum absolute atomic E-state index is 0.0774. The number of carbonyl (C=O) groups excluding carboxylic acids is 1. The molecule has 1 amide bonds. The second kappa shape index (κ2) is 11.7. The molecule has 1 atom stereocenters. The lowest BCUT2D eigenvalue weighted by Crippen LogP contribution is -2.43. The number of piperidine rings is 1. The van der Waals surface area contributed by atoms with Crippen molar-refractivity contribution in [3.63, 3.8) is 0 Å². The predicted octanol–water partition coefficient (Wildman–Crippen LogP) is 6.18. The van der Waals surface area contributed by atoms with Crippen molar-refractivity contribution in [3.8, 4) is 0 Å². The quantitative estimate of drug-likeness (QED) is 0.300. The number of fused-ring (bicyclic) bond motifs is 1. The molecule has 1 unspecified atom stereocenters. The van der Waals surface area contributed by atoms with Gasteiger partial charge in [0.05, 0.1) is 0 Å². The summed E-state index contributed by atoms with van der Waals surface area (Å²) in [4.78, 5) is 15.4. The van der Waals surface area contributed by atoms with Crippen molar-refractivity contribution in [2.24, 2.45) is 5.92 Å². The first-order chi connectivity index (χ1) is 18.0. The zero-order chi connectivity index (χ0) is 25.6. The van der Waals surface area contributed by atoms with Crippen LogP contribution in [0.4, 0.5) is 4.39 Å². The smallest absolute Gasteiger partial charge is 0.223 e. The van der Waals surface area contributed by atoms with Gasteiger partial charge in [0.25, 0.3) is 0 Å². The van der Waals surface area contributed by atoms with Gasteiger partial charge in [0.15, 0.2) is 0 Å². The molecule has 192 valence electrons. The summed E-state index contributed by atoms with van der Waals surface area (Å²) in [6.07, 6.45) is 3.68. The first-order valence-corrected chi connectivity index (χ1v) is 13.4. The Balaban J connectivity index is 1.17. The van der Waals surface area contributed by atoms with Gasteiger partial charge in [-0.1, -0.05) is 60.7 Å². The fraction of sp³-hybridized carbons (Fsp3) is 0.344. The monoisotopic (exact) mass is 497 g/mol. The third-order valence-corrected chi connectivity index (χ3v) is 7.57. The van der Waals surface area contributed by atoms with Crippen LogP contribution in [0.1, 0.15) is 43.0 Å². The van der Waals surface area contributed by atoms with Gasteiger partial charge in [-0.15, -0.1) is 0 Å². The number of benzene rings is 3. The Labute approximate surface area is 219 Å². The second-order valence-electron chi connectivity index (χ2n) is 10.4. The number of para-hydroxylation sites is 1. The molecule has 37 heavy (non-hydrogen) atoms. The molecule has 1 fully saturated rings. The molecule has 2 heterocycles. The number of hydrogen-bond donors (Lipinski definition) is 1. The molecule has 0 bridgehead atoms. The average molecular weight is 498 g/mol. The van der Waals surface area contributed by atoms with Crippen LogP contribution in [-0.2, 0) is 24.3 Å². The zero-order valence-electron chi connectivity index (χ0n) is 21.6. The van der Waals surface area contributed by atoms with Gasteiger partial charge < -0.3 is 9.88 Å². The highest BCUT2D eigenvalue weighted by molar-refractivity contribution is 5.81. The first-order valence-electron chi connectivity index (χ1n) is 13.4.